The van der Waals surface area contributed by atoms with E-state index in [2.05, 4.69) is 5.32 Å². The molecule has 1 aliphatic heterocycles. The van der Waals surface area contributed by atoms with Crippen LogP contribution in [0.4, 0.5) is 0 Å². The zero-order valence-corrected chi connectivity index (χ0v) is 11.6. The first-order chi connectivity index (χ1) is 9.47. The minimum absolute atomic E-state index is 0.129. The van der Waals surface area contributed by atoms with E-state index in [4.69, 9.17) is 9.84 Å². The summed E-state index contributed by atoms with van der Waals surface area (Å²) in [5.41, 5.74) is 2.17. The molecule has 0 aliphatic carbocycles. The van der Waals surface area contributed by atoms with Gasteiger partial charge in [-0.05, 0) is 32.3 Å². The van der Waals surface area contributed by atoms with Crippen LogP contribution in [0, 0.1) is 6.92 Å². The zero-order valence-electron chi connectivity index (χ0n) is 11.6. The Bertz CT molecular complexity index is 497. The van der Waals surface area contributed by atoms with Crippen molar-refractivity contribution in [1.82, 2.24) is 5.32 Å². The number of benzene rings is 1. The van der Waals surface area contributed by atoms with Crippen LogP contribution in [-0.2, 0) is 14.3 Å². The van der Waals surface area contributed by atoms with Crippen molar-refractivity contribution >= 4 is 11.9 Å². The fourth-order valence-corrected chi connectivity index (χ4v) is 2.26. The quantitative estimate of drug-likeness (QED) is 0.880. The largest absolute Gasteiger partial charge is 0.479 e. The molecule has 0 aromatic heterocycles. The molecule has 1 saturated heterocycles. The number of aliphatic carboxylic acids is 1. The minimum Gasteiger partial charge on any atom is -0.479 e. The van der Waals surface area contributed by atoms with Crippen LogP contribution in [0.2, 0.25) is 0 Å². The van der Waals surface area contributed by atoms with Crippen LogP contribution in [0.15, 0.2) is 24.3 Å². The second kappa shape index (κ2) is 6.05. The van der Waals surface area contributed by atoms with E-state index >= 15 is 0 Å². The molecule has 2 unspecified atom stereocenters. The first-order valence-electron chi connectivity index (χ1n) is 6.72. The van der Waals surface area contributed by atoms with Crippen molar-refractivity contribution in [3.05, 3.63) is 35.4 Å². The van der Waals surface area contributed by atoms with Gasteiger partial charge in [-0.2, -0.15) is 0 Å². The van der Waals surface area contributed by atoms with Gasteiger partial charge in [0.2, 0.25) is 5.91 Å². The molecule has 5 heteroatoms. The number of hydrogen-bond acceptors (Lipinski definition) is 3. The van der Waals surface area contributed by atoms with Gasteiger partial charge in [-0.3, -0.25) is 4.79 Å². The summed E-state index contributed by atoms with van der Waals surface area (Å²) in [6.45, 7) is 3.90. The molecule has 2 rings (SSSR count). The van der Waals surface area contributed by atoms with Crippen LogP contribution in [0.3, 0.4) is 0 Å². The van der Waals surface area contributed by atoms with Crippen LogP contribution in [-0.4, -0.2) is 29.2 Å². The number of rotatable bonds is 4. The van der Waals surface area contributed by atoms with Gasteiger partial charge in [0, 0.05) is 0 Å². The Morgan fingerprint density at radius 3 is 2.40 bits per heavy atom. The van der Waals surface area contributed by atoms with Crippen molar-refractivity contribution in [2.45, 2.75) is 44.9 Å². The average Bonchev–Trinajstić information content (AvgIpc) is 2.89. The van der Waals surface area contributed by atoms with Crippen LogP contribution in [0.1, 0.15) is 36.9 Å². The van der Waals surface area contributed by atoms with Crippen molar-refractivity contribution in [3.63, 3.8) is 0 Å². The van der Waals surface area contributed by atoms with E-state index in [0.717, 1.165) is 11.1 Å². The van der Waals surface area contributed by atoms with Crippen molar-refractivity contribution < 1.29 is 19.4 Å². The maximum Gasteiger partial charge on any atom is 0.332 e. The van der Waals surface area contributed by atoms with E-state index in [0.29, 0.717) is 12.8 Å². The lowest BCUT2D eigenvalue weighted by Gasteiger charge is -2.17. The third-order valence-corrected chi connectivity index (χ3v) is 3.52. The number of carboxylic acid groups (broad SMARTS) is 1. The lowest BCUT2D eigenvalue weighted by molar-refractivity contribution is -0.151. The second-order valence-corrected chi connectivity index (χ2v) is 5.17. The third kappa shape index (κ3) is 3.36. The van der Waals surface area contributed by atoms with Gasteiger partial charge in [0.05, 0.1) is 6.04 Å². The molecule has 0 bridgehead atoms. The number of amides is 1. The molecule has 108 valence electrons. The number of carboxylic acids is 1. The van der Waals surface area contributed by atoms with Crippen molar-refractivity contribution in [1.29, 1.82) is 0 Å². The van der Waals surface area contributed by atoms with Gasteiger partial charge in [-0.25, -0.2) is 4.79 Å². The summed E-state index contributed by atoms with van der Waals surface area (Å²) in [6, 6.07) is 7.79. The number of hydrogen-bond donors (Lipinski definition) is 2. The van der Waals surface area contributed by atoms with Gasteiger partial charge in [0.15, 0.2) is 6.10 Å². The van der Waals surface area contributed by atoms with Crippen molar-refractivity contribution in [3.8, 4) is 0 Å². The Balaban J connectivity index is 1.91. The van der Waals surface area contributed by atoms with E-state index in [9.17, 15) is 9.59 Å². The van der Waals surface area contributed by atoms with Crippen LogP contribution < -0.4 is 5.32 Å². The van der Waals surface area contributed by atoms with E-state index in [-0.39, 0.29) is 11.9 Å². The molecule has 0 spiro atoms. The number of carbonyl (C=O) groups excluding carboxylic acids is 1. The van der Waals surface area contributed by atoms with Gasteiger partial charge >= 0.3 is 5.97 Å². The first-order valence-corrected chi connectivity index (χ1v) is 6.72. The number of carbonyl (C=O) groups is 2. The van der Waals surface area contributed by atoms with E-state index in [1.807, 2.05) is 38.1 Å². The SMILES string of the molecule is Cc1ccc([C@@H](C)NC(=O)C2CCC(C(=O)O)O2)cc1. The van der Waals surface area contributed by atoms with E-state index in [1.54, 1.807) is 0 Å². The first kappa shape index (κ1) is 14.5. The Kier molecular flexibility index (Phi) is 4.39. The highest BCUT2D eigenvalue weighted by atomic mass is 16.5. The molecule has 1 heterocycles. The Hall–Kier alpha value is -1.88. The lowest BCUT2D eigenvalue weighted by Crippen LogP contribution is -2.37. The van der Waals surface area contributed by atoms with Crippen molar-refractivity contribution in [2.24, 2.45) is 0 Å². The molecule has 2 N–H and O–H groups in total. The van der Waals surface area contributed by atoms with E-state index in [1.165, 1.54) is 0 Å². The van der Waals surface area contributed by atoms with Gasteiger partial charge in [0.1, 0.15) is 6.10 Å². The molecule has 5 nitrogen and oxygen atoms in total. The lowest BCUT2D eigenvalue weighted by atomic mass is 10.1. The molecule has 0 radical (unpaired) electrons. The van der Waals surface area contributed by atoms with Crippen LogP contribution in [0.5, 0.6) is 0 Å². The minimum atomic E-state index is -1.01. The highest BCUT2D eigenvalue weighted by molar-refractivity contribution is 5.83. The molecule has 3 atom stereocenters. The molecule has 1 fully saturated rings. The average molecular weight is 277 g/mol. The summed E-state index contributed by atoms with van der Waals surface area (Å²) in [6.07, 6.45) is -0.695. The summed E-state index contributed by atoms with van der Waals surface area (Å²) in [5.74, 6) is -1.26. The highest BCUT2D eigenvalue weighted by Gasteiger charge is 2.35. The fourth-order valence-electron chi connectivity index (χ4n) is 2.26. The summed E-state index contributed by atoms with van der Waals surface area (Å²) in [5, 5.41) is 11.7. The topological polar surface area (TPSA) is 75.6 Å². The van der Waals surface area contributed by atoms with Crippen LogP contribution >= 0.6 is 0 Å². The maximum absolute atomic E-state index is 12.0. The molecule has 0 saturated carbocycles. The number of aryl methyl sites for hydroxylation is 1. The standard InChI is InChI=1S/C15H19NO4/c1-9-3-5-11(6-4-9)10(2)16-14(17)12-7-8-13(20-12)15(18)19/h3-6,10,12-13H,7-8H2,1-2H3,(H,16,17)(H,18,19)/t10-,12?,13?/m1/s1. The Morgan fingerprint density at radius 2 is 1.85 bits per heavy atom. The number of nitrogens with one attached hydrogen (secondary N) is 1. The Labute approximate surface area is 117 Å². The van der Waals surface area contributed by atoms with E-state index < -0.39 is 18.2 Å². The fraction of sp³-hybridized carbons (Fsp3) is 0.467. The predicted octanol–water partition coefficient (Wildman–Crippen LogP) is 1.80. The van der Waals surface area contributed by atoms with Crippen LogP contribution in [0.25, 0.3) is 0 Å². The van der Waals surface area contributed by atoms with Gasteiger partial charge in [0.25, 0.3) is 0 Å². The molecule has 20 heavy (non-hydrogen) atoms. The highest BCUT2D eigenvalue weighted by Crippen LogP contribution is 2.21. The summed E-state index contributed by atoms with van der Waals surface area (Å²) < 4.78 is 5.23. The monoisotopic (exact) mass is 277 g/mol. The normalized spacial score (nSPS) is 23.3. The zero-order chi connectivity index (χ0) is 14.7. The maximum atomic E-state index is 12.0. The second-order valence-electron chi connectivity index (χ2n) is 5.17. The Morgan fingerprint density at radius 1 is 1.25 bits per heavy atom. The summed E-state index contributed by atoms with van der Waals surface area (Å²) in [4.78, 5) is 22.8. The van der Waals surface area contributed by atoms with Crippen molar-refractivity contribution in [2.75, 3.05) is 0 Å². The number of ether oxygens (including phenoxy) is 1. The predicted molar refractivity (Wildman–Crippen MR) is 73.3 cm³/mol. The smallest absolute Gasteiger partial charge is 0.332 e. The molecule has 1 aromatic rings. The molecule has 1 aliphatic rings. The summed E-state index contributed by atoms with van der Waals surface area (Å²) in [7, 11) is 0. The van der Waals surface area contributed by atoms with Gasteiger partial charge < -0.3 is 15.2 Å². The molecule has 1 amide bonds. The molecular formula is C15H19NO4. The summed E-state index contributed by atoms with van der Waals surface area (Å²) >= 11 is 0. The van der Waals surface area contributed by atoms with Gasteiger partial charge in [-0.15, -0.1) is 0 Å². The molecular weight excluding hydrogens is 258 g/mol. The molecule has 1 aromatic carbocycles. The third-order valence-electron chi connectivity index (χ3n) is 3.52. The van der Waals surface area contributed by atoms with Gasteiger partial charge in [-0.1, -0.05) is 29.8 Å².